The minimum Gasteiger partial charge on any atom is -0.479 e. The normalized spacial score (nSPS) is 10.2. The largest absolute Gasteiger partial charge is 0.479 e. The fourth-order valence-corrected chi connectivity index (χ4v) is 0.471. The molecule has 1 atom stereocenters. The number of carboxylic acid groups (broad SMARTS) is 1. The summed E-state index contributed by atoms with van der Waals surface area (Å²) in [5, 5.41) is 16.5. The van der Waals surface area contributed by atoms with Crippen LogP contribution in [0, 0.1) is 0 Å². The first-order valence-corrected chi connectivity index (χ1v) is 3.88. The van der Waals surface area contributed by atoms with Gasteiger partial charge in [0, 0.05) is 34.8 Å². The quantitative estimate of drug-likeness (QED) is 0.764. The SMILES string of the molecule is CC(O)C(=O)O.Clc1cccnc1.[Ag]. The Morgan fingerprint density at radius 2 is 2.14 bits per heavy atom. The summed E-state index contributed by atoms with van der Waals surface area (Å²) < 4.78 is 0. The van der Waals surface area contributed by atoms with Crippen LogP contribution in [-0.2, 0) is 27.2 Å². The van der Waals surface area contributed by atoms with Crippen LogP contribution >= 0.6 is 11.6 Å². The van der Waals surface area contributed by atoms with Crippen LogP contribution in [0.2, 0.25) is 5.02 Å². The van der Waals surface area contributed by atoms with Gasteiger partial charge in [0.15, 0.2) is 0 Å². The second-order valence-corrected chi connectivity index (χ2v) is 2.62. The number of hydrogen-bond acceptors (Lipinski definition) is 3. The third-order valence-corrected chi connectivity index (χ3v) is 1.21. The summed E-state index contributed by atoms with van der Waals surface area (Å²) in [4.78, 5) is 13.2. The Bertz CT molecular complexity index is 256. The number of carbonyl (C=O) groups is 1. The van der Waals surface area contributed by atoms with Crippen molar-refractivity contribution in [1.29, 1.82) is 0 Å². The molecule has 1 heterocycles. The molecule has 0 aliphatic rings. The van der Waals surface area contributed by atoms with E-state index in [1.807, 2.05) is 0 Å². The van der Waals surface area contributed by atoms with Gasteiger partial charge in [-0.3, -0.25) is 4.98 Å². The molecular weight excluding hydrogens is 301 g/mol. The van der Waals surface area contributed by atoms with Crippen molar-refractivity contribution in [3.8, 4) is 0 Å². The van der Waals surface area contributed by atoms with Gasteiger partial charge in [0.05, 0.1) is 5.02 Å². The van der Waals surface area contributed by atoms with Crippen LogP contribution in [0.3, 0.4) is 0 Å². The maximum atomic E-state index is 9.45. The van der Waals surface area contributed by atoms with E-state index in [2.05, 4.69) is 4.98 Å². The number of nitrogens with zero attached hydrogens (tertiary/aromatic N) is 1. The Morgan fingerprint density at radius 3 is 2.29 bits per heavy atom. The number of aromatic nitrogens is 1. The Hall–Kier alpha value is -0.390. The molecule has 1 rings (SSSR count). The van der Waals surface area contributed by atoms with Crippen molar-refractivity contribution in [3.63, 3.8) is 0 Å². The molecule has 1 radical (unpaired) electrons. The fraction of sp³-hybridized carbons (Fsp3) is 0.250. The molecule has 0 saturated carbocycles. The van der Waals surface area contributed by atoms with E-state index >= 15 is 0 Å². The number of hydrogen-bond donors (Lipinski definition) is 2. The van der Waals surface area contributed by atoms with Crippen molar-refractivity contribution < 1.29 is 37.4 Å². The molecule has 0 fully saturated rings. The Balaban J connectivity index is 0. The van der Waals surface area contributed by atoms with Gasteiger partial charge < -0.3 is 10.2 Å². The first-order chi connectivity index (χ1) is 6.04. The molecule has 6 heteroatoms. The van der Waals surface area contributed by atoms with E-state index in [0.717, 1.165) is 0 Å². The molecule has 0 aromatic carbocycles. The average molecular weight is 311 g/mol. The molecule has 0 saturated heterocycles. The molecule has 1 aromatic heterocycles. The topological polar surface area (TPSA) is 70.4 Å². The van der Waals surface area contributed by atoms with Crippen LogP contribution in [0.25, 0.3) is 0 Å². The molecule has 0 aliphatic heterocycles. The van der Waals surface area contributed by atoms with Gasteiger partial charge in [0.2, 0.25) is 0 Å². The minimum atomic E-state index is -1.23. The molecular formula is C8H10AgClNO3. The maximum absolute atomic E-state index is 9.45. The van der Waals surface area contributed by atoms with Crippen LogP contribution in [-0.4, -0.2) is 27.3 Å². The van der Waals surface area contributed by atoms with E-state index in [-0.39, 0.29) is 22.4 Å². The summed E-state index contributed by atoms with van der Waals surface area (Å²) in [6.45, 7) is 1.20. The van der Waals surface area contributed by atoms with Crippen LogP contribution in [0.1, 0.15) is 6.92 Å². The van der Waals surface area contributed by atoms with Gasteiger partial charge in [-0.15, -0.1) is 0 Å². The van der Waals surface area contributed by atoms with Crippen molar-refractivity contribution >= 4 is 17.6 Å². The van der Waals surface area contributed by atoms with Gasteiger partial charge >= 0.3 is 5.97 Å². The fourth-order valence-electron chi connectivity index (χ4n) is 0.342. The van der Waals surface area contributed by atoms with E-state index < -0.39 is 12.1 Å². The van der Waals surface area contributed by atoms with E-state index in [0.29, 0.717) is 5.02 Å². The molecule has 1 aromatic rings. The van der Waals surface area contributed by atoms with Gasteiger partial charge in [-0.2, -0.15) is 0 Å². The zero-order valence-corrected chi connectivity index (χ0v) is 9.55. The van der Waals surface area contributed by atoms with Crippen molar-refractivity contribution in [2.75, 3.05) is 0 Å². The summed E-state index contributed by atoms with van der Waals surface area (Å²) >= 11 is 5.48. The number of aliphatic hydroxyl groups excluding tert-OH is 1. The summed E-state index contributed by atoms with van der Waals surface area (Å²) in [5.74, 6) is -1.19. The molecule has 1 unspecified atom stereocenters. The number of pyridine rings is 1. The average Bonchev–Trinajstić information content (AvgIpc) is 2.06. The van der Waals surface area contributed by atoms with E-state index in [1.165, 1.54) is 6.92 Å². The second kappa shape index (κ2) is 9.18. The number of halogens is 1. The Morgan fingerprint density at radius 1 is 1.64 bits per heavy atom. The second-order valence-electron chi connectivity index (χ2n) is 2.19. The first-order valence-electron chi connectivity index (χ1n) is 3.50. The number of aliphatic carboxylic acids is 1. The zero-order chi connectivity index (χ0) is 10.3. The molecule has 0 amide bonds. The number of aliphatic hydroxyl groups is 1. The summed E-state index contributed by atoms with van der Waals surface area (Å²) in [6.07, 6.45) is 2.05. The zero-order valence-electron chi connectivity index (χ0n) is 7.32. The van der Waals surface area contributed by atoms with Crippen molar-refractivity contribution in [2.24, 2.45) is 0 Å². The van der Waals surface area contributed by atoms with Crippen molar-refractivity contribution in [2.45, 2.75) is 13.0 Å². The standard InChI is InChI=1S/C5H4ClN.C3H6O3.Ag/c6-5-2-1-3-7-4-5;1-2(4)3(5)6;/h1-4H;2,4H,1H3,(H,5,6);. The third-order valence-electron chi connectivity index (χ3n) is 0.983. The maximum Gasteiger partial charge on any atom is 0.332 e. The number of rotatable bonds is 1. The van der Waals surface area contributed by atoms with Crippen molar-refractivity contribution in [3.05, 3.63) is 29.5 Å². The third kappa shape index (κ3) is 9.70. The molecule has 2 N–H and O–H groups in total. The summed E-state index contributed by atoms with van der Waals surface area (Å²) in [5.41, 5.74) is 0. The Labute approximate surface area is 102 Å². The summed E-state index contributed by atoms with van der Waals surface area (Å²) in [6, 6.07) is 3.58. The van der Waals surface area contributed by atoms with Crippen LogP contribution in [0.15, 0.2) is 24.5 Å². The van der Waals surface area contributed by atoms with Gasteiger partial charge in [-0.25, -0.2) is 4.79 Å². The molecule has 0 spiro atoms. The monoisotopic (exact) mass is 310 g/mol. The predicted octanol–water partition coefficient (Wildman–Crippen LogP) is 1.18. The predicted molar refractivity (Wildman–Crippen MR) is 48.6 cm³/mol. The molecule has 0 bridgehead atoms. The van der Waals surface area contributed by atoms with Crippen LogP contribution in [0.4, 0.5) is 0 Å². The van der Waals surface area contributed by atoms with Gasteiger partial charge in [0.25, 0.3) is 0 Å². The van der Waals surface area contributed by atoms with E-state index in [9.17, 15) is 4.79 Å². The smallest absolute Gasteiger partial charge is 0.332 e. The molecule has 83 valence electrons. The molecule has 14 heavy (non-hydrogen) atoms. The van der Waals surface area contributed by atoms with Gasteiger partial charge in [0.1, 0.15) is 6.10 Å². The van der Waals surface area contributed by atoms with Crippen molar-refractivity contribution in [1.82, 2.24) is 4.98 Å². The Kier molecular flexibility index (Phi) is 10.5. The summed E-state index contributed by atoms with van der Waals surface area (Å²) in [7, 11) is 0. The minimum absolute atomic E-state index is 0. The van der Waals surface area contributed by atoms with E-state index in [4.69, 9.17) is 21.8 Å². The molecule has 4 nitrogen and oxygen atoms in total. The molecule has 0 aliphatic carbocycles. The van der Waals surface area contributed by atoms with Gasteiger partial charge in [-0.05, 0) is 19.1 Å². The number of carboxylic acids is 1. The van der Waals surface area contributed by atoms with Crippen LogP contribution < -0.4 is 0 Å². The van der Waals surface area contributed by atoms with Crippen LogP contribution in [0.5, 0.6) is 0 Å². The first kappa shape index (κ1) is 16.1. The van der Waals surface area contributed by atoms with Gasteiger partial charge in [-0.1, -0.05) is 11.6 Å². The van der Waals surface area contributed by atoms with E-state index in [1.54, 1.807) is 24.5 Å².